The molecule has 0 spiro atoms. The molecule has 2 aromatic carbocycles. The number of nitrogens with one attached hydrogen (secondary N) is 1. The molecule has 0 aliphatic heterocycles. The quantitative estimate of drug-likeness (QED) is 0.350. The van der Waals surface area contributed by atoms with Gasteiger partial charge in [0.15, 0.2) is 6.61 Å². The number of amides is 1. The molecule has 186 valence electrons. The van der Waals surface area contributed by atoms with Gasteiger partial charge in [-0.3, -0.25) is 4.79 Å². The van der Waals surface area contributed by atoms with Gasteiger partial charge in [0, 0.05) is 26.0 Å². The maximum atomic E-state index is 13.0. The summed E-state index contributed by atoms with van der Waals surface area (Å²) in [7, 11) is -0.817. The molecule has 0 saturated heterocycles. The summed E-state index contributed by atoms with van der Waals surface area (Å²) in [5.74, 6) is -1.30. The molecule has 36 heavy (non-hydrogen) atoms. The normalized spacial score (nSPS) is 11.4. The van der Waals surface area contributed by atoms with Crippen LogP contribution in [-0.2, 0) is 19.6 Å². The van der Waals surface area contributed by atoms with E-state index in [0.717, 1.165) is 14.9 Å². The van der Waals surface area contributed by atoms with Gasteiger partial charge in [0.2, 0.25) is 10.0 Å². The molecular weight excluding hydrogens is 500 g/mol. The number of anilines is 1. The molecule has 1 amide bonds. The molecule has 0 radical (unpaired) electrons. The maximum absolute atomic E-state index is 13.0. The highest BCUT2D eigenvalue weighted by Gasteiger charge is 2.22. The summed E-state index contributed by atoms with van der Waals surface area (Å²) in [6, 6.07) is 17.5. The molecule has 4 rings (SSSR count). The number of aryl methyl sites for hydroxylation is 1. The monoisotopic (exact) mass is 524 g/mol. The van der Waals surface area contributed by atoms with Crippen molar-refractivity contribution in [2.24, 2.45) is 0 Å². The number of hydrogen-bond acceptors (Lipinski definition) is 7. The van der Waals surface area contributed by atoms with Crippen LogP contribution >= 0.6 is 11.3 Å². The predicted molar refractivity (Wildman–Crippen MR) is 138 cm³/mol. The number of nitrogens with zero attached hydrogens (tertiary/aromatic N) is 3. The van der Waals surface area contributed by atoms with Crippen LogP contribution in [0.25, 0.3) is 16.3 Å². The first-order valence-electron chi connectivity index (χ1n) is 10.9. The van der Waals surface area contributed by atoms with Gasteiger partial charge in [0.25, 0.3) is 5.91 Å². The number of thiophene rings is 1. The molecule has 2 aromatic heterocycles. The molecular formula is C25H24N4O5S2. The third kappa shape index (κ3) is 5.38. The number of benzene rings is 2. The smallest absolute Gasteiger partial charge is 0.342 e. The summed E-state index contributed by atoms with van der Waals surface area (Å²) in [6.45, 7) is 1.18. The predicted octanol–water partition coefficient (Wildman–Crippen LogP) is 3.96. The second-order valence-electron chi connectivity index (χ2n) is 8.04. The van der Waals surface area contributed by atoms with Crippen LogP contribution in [0, 0.1) is 6.92 Å². The third-order valence-electron chi connectivity index (χ3n) is 5.31. The molecule has 0 atom stereocenters. The van der Waals surface area contributed by atoms with E-state index in [1.807, 2.05) is 47.8 Å². The number of sulfonamides is 1. The van der Waals surface area contributed by atoms with E-state index in [1.165, 1.54) is 37.6 Å². The van der Waals surface area contributed by atoms with Gasteiger partial charge in [0.05, 0.1) is 15.5 Å². The molecule has 0 aliphatic rings. The number of ether oxygens (including phenoxy) is 1. The van der Waals surface area contributed by atoms with E-state index in [0.29, 0.717) is 16.9 Å². The van der Waals surface area contributed by atoms with E-state index in [1.54, 1.807) is 23.9 Å². The molecule has 0 saturated carbocycles. The van der Waals surface area contributed by atoms with Crippen LogP contribution in [-0.4, -0.2) is 55.1 Å². The highest BCUT2D eigenvalue weighted by atomic mass is 32.2. The van der Waals surface area contributed by atoms with Crippen molar-refractivity contribution < 1.29 is 22.7 Å². The molecule has 0 aliphatic carbocycles. The lowest BCUT2D eigenvalue weighted by Crippen LogP contribution is -2.23. The molecule has 0 bridgehead atoms. The van der Waals surface area contributed by atoms with Crippen LogP contribution in [0.2, 0.25) is 0 Å². The SMILES string of the molecule is Cc1ccc(S(=O)(=O)N(C)C)cc1NC(=O)COC(=O)c1cn(-c2ccccc2)nc1-c1cccs1. The summed E-state index contributed by atoms with van der Waals surface area (Å²) in [6.07, 6.45) is 1.57. The Morgan fingerprint density at radius 3 is 2.50 bits per heavy atom. The Kier molecular flexibility index (Phi) is 7.34. The van der Waals surface area contributed by atoms with E-state index in [4.69, 9.17) is 4.74 Å². The third-order valence-corrected chi connectivity index (χ3v) is 7.99. The van der Waals surface area contributed by atoms with Crippen LogP contribution < -0.4 is 5.32 Å². The summed E-state index contributed by atoms with van der Waals surface area (Å²) >= 11 is 1.43. The van der Waals surface area contributed by atoms with Crippen molar-refractivity contribution in [3.8, 4) is 16.3 Å². The first-order chi connectivity index (χ1) is 17.2. The fourth-order valence-corrected chi connectivity index (χ4v) is 4.99. The van der Waals surface area contributed by atoms with E-state index in [-0.39, 0.29) is 10.5 Å². The molecule has 0 unspecified atom stereocenters. The van der Waals surface area contributed by atoms with E-state index >= 15 is 0 Å². The van der Waals surface area contributed by atoms with Crippen molar-refractivity contribution >= 4 is 38.9 Å². The van der Waals surface area contributed by atoms with Gasteiger partial charge in [-0.05, 0) is 48.2 Å². The molecule has 0 fully saturated rings. The number of hydrogen-bond donors (Lipinski definition) is 1. The van der Waals surface area contributed by atoms with Gasteiger partial charge in [-0.15, -0.1) is 11.3 Å². The molecule has 1 N–H and O–H groups in total. The lowest BCUT2D eigenvalue weighted by Gasteiger charge is -2.14. The zero-order chi connectivity index (χ0) is 25.9. The zero-order valence-electron chi connectivity index (χ0n) is 19.8. The topological polar surface area (TPSA) is 111 Å². The van der Waals surface area contributed by atoms with Gasteiger partial charge in [-0.1, -0.05) is 30.3 Å². The largest absolute Gasteiger partial charge is 0.452 e. The summed E-state index contributed by atoms with van der Waals surface area (Å²) in [4.78, 5) is 26.4. The van der Waals surface area contributed by atoms with Crippen molar-refractivity contribution in [1.82, 2.24) is 14.1 Å². The van der Waals surface area contributed by atoms with Crippen LogP contribution in [0.4, 0.5) is 5.69 Å². The minimum absolute atomic E-state index is 0.0410. The average molecular weight is 525 g/mol. The maximum Gasteiger partial charge on any atom is 0.342 e. The van der Waals surface area contributed by atoms with Crippen LogP contribution in [0.1, 0.15) is 15.9 Å². The molecule has 4 aromatic rings. The van der Waals surface area contributed by atoms with Gasteiger partial charge >= 0.3 is 5.97 Å². The van der Waals surface area contributed by atoms with E-state index < -0.39 is 28.5 Å². The zero-order valence-corrected chi connectivity index (χ0v) is 21.5. The second-order valence-corrected chi connectivity index (χ2v) is 11.1. The Morgan fingerprint density at radius 2 is 1.83 bits per heavy atom. The minimum atomic E-state index is -3.67. The number of para-hydroxylation sites is 1. The highest BCUT2D eigenvalue weighted by molar-refractivity contribution is 7.89. The fourth-order valence-electron chi connectivity index (χ4n) is 3.33. The average Bonchev–Trinajstić information content (AvgIpc) is 3.54. The van der Waals surface area contributed by atoms with Crippen LogP contribution in [0.5, 0.6) is 0 Å². The fraction of sp³-hybridized carbons (Fsp3) is 0.160. The first kappa shape index (κ1) is 25.3. The molecule has 2 heterocycles. The standard InChI is InChI=1S/C25H24N4O5S2/c1-17-11-12-19(36(32,33)28(2)3)14-21(17)26-23(30)16-34-25(31)20-15-29(18-8-5-4-6-9-18)27-24(20)22-10-7-13-35-22/h4-15H,16H2,1-3H3,(H,26,30). The lowest BCUT2D eigenvalue weighted by molar-refractivity contribution is -0.119. The Morgan fingerprint density at radius 1 is 1.08 bits per heavy atom. The van der Waals surface area contributed by atoms with Gasteiger partial charge < -0.3 is 10.1 Å². The number of carbonyl (C=O) groups is 2. The van der Waals surface area contributed by atoms with Gasteiger partial charge in [0.1, 0.15) is 11.3 Å². The second kappa shape index (κ2) is 10.4. The van der Waals surface area contributed by atoms with Crippen molar-refractivity contribution in [2.45, 2.75) is 11.8 Å². The van der Waals surface area contributed by atoms with Crippen molar-refractivity contribution in [3.05, 3.63) is 83.4 Å². The Bertz CT molecular complexity index is 1490. The first-order valence-corrected chi connectivity index (χ1v) is 13.2. The van der Waals surface area contributed by atoms with Crippen molar-refractivity contribution in [1.29, 1.82) is 0 Å². The summed E-state index contributed by atoms with van der Waals surface area (Å²) < 4.78 is 32.8. The number of carbonyl (C=O) groups excluding carboxylic acids is 2. The van der Waals surface area contributed by atoms with Gasteiger partial charge in [-0.2, -0.15) is 5.10 Å². The Balaban J connectivity index is 1.51. The van der Waals surface area contributed by atoms with Crippen LogP contribution in [0.15, 0.2) is 77.1 Å². The number of aromatic nitrogens is 2. The highest BCUT2D eigenvalue weighted by Crippen LogP contribution is 2.28. The number of esters is 1. The summed E-state index contributed by atoms with van der Waals surface area (Å²) in [5.41, 5.74) is 2.43. The summed E-state index contributed by atoms with van der Waals surface area (Å²) in [5, 5.41) is 9.07. The van der Waals surface area contributed by atoms with Crippen molar-refractivity contribution in [2.75, 3.05) is 26.0 Å². The Labute approximate surface area is 213 Å². The minimum Gasteiger partial charge on any atom is -0.452 e. The van der Waals surface area contributed by atoms with Gasteiger partial charge in [-0.25, -0.2) is 22.2 Å². The van der Waals surface area contributed by atoms with Crippen LogP contribution in [0.3, 0.4) is 0 Å². The Hall–Kier alpha value is -3.80. The van der Waals surface area contributed by atoms with E-state index in [9.17, 15) is 18.0 Å². The molecule has 9 nitrogen and oxygen atoms in total. The number of rotatable bonds is 8. The molecule has 11 heteroatoms. The van der Waals surface area contributed by atoms with Crippen molar-refractivity contribution in [3.63, 3.8) is 0 Å². The lowest BCUT2D eigenvalue weighted by atomic mass is 10.2. The van der Waals surface area contributed by atoms with E-state index in [2.05, 4.69) is 10.4 Å².